The van der Waals surface area contributed by atoms with Gasteiger partial charge in [-0.15, -0.1) is 0 Å². The number of benzene rings is 1. The summed E-state index contributed by atoms with van der Waals surface area (Å²) < 4.78 is 37.0. The van der Waals surface area contributed by atoms with Gasteiger partial charge in [0.05, 0.1) is 66.1 Å². The van der Waals surface area contributed by atoms with Crippen LogP contribution in [0.3, 0.4) is 0 Å². The van der Waals surface area contributed by atoms with Crippen LogP contribution in [-0.2, 0) is 38.0 Å². The highest BCUT2D eigenvalue weighted by Crippen LogP contribution is 2.10. The molecule has 2 N–H and O–H groups in total. The number of hydrogen-bond acceptors (Lipinski definition) is 10. The highest BCUT2D eigenvalue weighted by Gasteiger charge is 2.03. The number of hydrogen-bond donors (Lipinski definition) is 2. The zero-order valence-electron chi connectivity index (χ0n) is 19.8. The third-order valence-electron chi connectivity index (χ3n) is 4.03. The van der Waals surface area contributed by atoms with E-state index < -0.39 is 18.5 Å². The molecule has 0 radical (unpaired) electrons. The molecule has 0 saturated heterocycles. The Labute approximate surface area is 204 Å². The molecule has 0 aromatic heterocycles. The van der Waals surface area contributed by atoms with Gasteiger partial charge in [0.25, 0.3) is 0 Å². The predicted molar refractivity (Wildman–Crippen MR) is 123 cm³/mol. The second-order valence-electron chi connectivity index (χ2n) is 6.83. The molecule has 12 heteroatoms. The standard InChI is InChI=1S/C23H35NO11/c25-17-20-1-3-21(4-2-20)35-16-15-33-14-13-32-12-11-31-10-9-30-8-7-29-6-5-24-22(26)18-34-19-23(27)28/h1-4,17H,5-16,18-19H2,(H,24,26)(H,27,28). The highest BCUT2D eigenvalue weighted by molar-refractivity contribution is 5.77. The van der Waals surface area contributed by atoms with Crippen LogP contribution >= 0.6 is 0 Å². The molecular weight excluding hydrogens is 466 g/mol. The van der Waals surface area contributed by atoms with Crippen molar-refractivity contribution in [2.75, 3.05) is 92.4 Å². The van der Waals surface area contributed by atoms with Crippen LogP contribution in [0.1, 0.15) is 10.4 Å². The van der Waals surface area contributed by atoms with Crippen molar-refractivity contribution in [2.24, 2.45) is 0 Å². The Morgan fingerprint density at radius 2 is 1.17 bits per heavy atom. The van der Waals surface area contributed by atoms with Gasteiger partial charge in [0, 0.05) is 12.1 Å². The van der Waals surface area contributed by atoms with E-state index in [0.717, 1.165) is 6.29 Å². The summed E-state index contributed by atoms with van der Waals surface area (Å²) in [6.07, 6.45) is 0.784. The average Bonchev–Trinajstić information content (AvgIpc) is 2.85. The quantitative estimate of drug-likeness (QED) is 0.148. The first kappa shape index (κ1) is 30.4. The van der Waals surface area contributed by atoms with Crippen molar-refractivity contribution in [1.82, 2.24) is 5.32 Å². The van der Waals surface area contributed by atoms with E-state index in [4.69, 9.17) is 33.5 Å². The lowest BCUT2D eigenvalue weighted by atomic mass is 10.2. The van der Waals surface area contributed by atoms with Gasteiger partial charge in [-0.05, 0) is 24.3 Å². The molecule has 1 rings (SSSR count). The minimum absolute atomic E-state index is 0.301. The molecule has 0 aliphatic carbocycles. The monoisotopic (exact) mass is 501 g/mol. The maximum absolute atomic E-state index is 11.3. The lowest BCUT2D eigenvalue weighted by Gasteiger charge is -2.09. The smallest absolute Gasteiger partial charge is 0.329 e. The molecule has 0 aliphatic heterocycles. The second kappa shape index (κ2) is 21.9. The molecule has 0 saturated carbocycles. The topological polar surface area (TPSA) is 148 Å². The molecule has 0 heterocycles. The van der Waals surface area contributed by atoms with Crippen LogP contribution in [0.15, 0.2) is 24.3 Å². The first-order chi connectivity index (χ1) is 17.1. The summed E-state index contributed by atoms with van der Waals surface area (Å²) in [7, 11) is 0. The zero-order valence-corrected chi connectivity index (χ0v) is 19.8. The summed E-state index contributed by atoms with van der Waals surface area (Å²) in [5.41, 5.74) is 0.606. The Morgan fingerprint density at radius 3 is 1.66 bits per heavy atom. The number of carbonyl (C=O) groups excluding carboxylic acids is 2. The van der Waals surface area contributed by atoms with E-state index in [1.165, 1.54) is 0 Å². The van der Waals surface area contributed by atoms with Crippen LogP contribution in [-0.4, -0.2) is 116 Å². The second-order valence-corrected chi connectivity index (χ2v) is 6.83. The fourth-order valence-electron chi connectivity index (χ4n) is 2.39. The third-order valence-corrected chi connectivity index (χ3v) is 4.03. The first-order valence-corrected chi connectivity index (χ1v) is 11.2. The minimum atomic E-state index is -1.12. The number of aliphatic carboxylic acids is 1. The molecule has 35 heavy (non-hydrogen) atoms. The molecule has 0 aliphatic rings. The summed E-state index contributed by atoms with van der Waals surface area (Å²) in [5, 5.41) is 10.9. The fourth-order valence-corrected chi connectivity index (χ4v) is 2.39. The Morgan fingerprint density at radius 1 is 0.686 bits per heavy atom. The number of amides is 1. The van der Waals surface area contributed by atoms with Crippen molar-refractivity contribution in [3.8, 4) is 5.75 Å². The summed E-state index contributed by atoms with van der Waals surface area (Å²) in [5.74, 6) is -0.834. The predicted octanol–water partition coefficient (Wildman–Crippen LogP) is 0.178. The van der Waals surface area contributed by atoms with Gasteiger partial charge in [0.1, 0.15) is 31.9 Å². The first-order valence-electron chi connectivity index (χ1n) is 11.2. The van der Waals surface area contributed by atoms with E-state index in [0.29, 0.717) is 90.5 Å². The van der Waals surface area contributed by atoms with Crippen LogP contribution in [0.2, 0.25) is 0 Å². The number of ether oxygens (including phenoxy) is 7. The molecular formula is C23H35NO11. The van der Waals surface area contributed by atoms with Crippen molar-refractivity contribution in [3.63, 3.8) is 0 Å². The van der Waals surface area contributed by atoms with E-state index in [1.807, 2.05) is 0 Å². The normalized spacial score (nSPS) is 10.7. The number of nitrogens with one attached hydrogen (secondary N) is 1. The zero-order chi connectivity index (χ0) is 25.4. The minimum Gasteiger partial charge on any atom is -0.491 e. The Bertz CT molecular complexity index is 685. The van der Waals surface area contributed by atoms with Crippen molar-refractivity contribution in [3.05, 3.63) is 29.8 Å². The Balaban J connectivity index is 1.73. The van der Waals surface area contributed by atoms with E-state index in [2.05, 4.69) is 10.1 Å². The van der Waals surface area contributed by atoms with Gasteiger partial charge in [0.15, 0.2) is 0 Å². The van der Waals surface area contributed by atoms with Gasteiger partial charge in [-0.25, -0.2) is 4.79 Å². The van der Waals surface area contributed by atoms with E-state index in [1.54, 1.807) is 24.3 Å². The molecule has 1 aromatic carbocycles. The molecule has 0 spiro atoms. The van der Waals surface area contributed by atoms with Crippen LogP contribution in [0, 0.1) is 0 Å². The van der Waals surface area contributed by atoms with Crippen LogP contribution < -0.4 is 10.1 Å². The number of carboxylic acid groups (broad SMARTS) is 1. The highest BCUT2D eigenvalue weighted by atomic mass is 16.6. The molecule has 0 fully saturated rings. The SMILES string of the molecule is O=Cc1ccc(OCCOCCOCCOCCOCCOCCNC(=O)COCC(=O)O)cc1. The molecule has 1 aromatic rings. The van der Waals surface area contributed by atoms with E-state index in [-0.39, 0.29) is 6.61 Å². The van der Waals surface area contributed by atoms with Crippen molar-refractivity contribution < 1.29 is 52.6 Å². The lowest BCUT2D eigenvalue weighted by Crippen LogP contribution is -2.31. The van der Waals surface area contributed by atoms with Gasteiger partial charge in [0.2, 0.25) is 5.91 Å². The molecule has 12 nitrogen and oxygen atoms in total. The molecule has 1 amide bonds. The number of rotatable bonds is 24. The Hall–Kier alpha value is -2.61. The van der Waals surface area contributed by atoms with Crippen LogP contribution in [0.5, 0.6) is 5.75 Å². The maximum Gasteiger partial charge on any atom is 0.329 e. The van der Waals surface area contributed by atoms with Gasteiger partial charge in [-0.1, -0.05) is 0 Å². The molecule has 0 bridgehead atoms. The summed E-state index contributed by atoms with van der Waals surface area (Å²) in [6, 6.07) is 6.87. The average molecular weight is 502 g/mol. The van der Waals surface area contributed by atoms with Crippen molar-refractivity contribution >= 4 is 18.2 Å². The summed E-state index contributed by atoms with van der Waals surface area (Å²) in [6.45, 7) is 4.15. The van der Waals surface area contributed by atoms with Crippen molar-refractivity contribution in [1.29, 1.82) is 0 Å². The van der Waals surface area contributed by atoms with Gasteiger partial charge in [-0.2, -0.15) is 0 Å². The van der Waals surface area contributed by atoms with E-state index >= 15 is 0 Å². The summed E-state index contributed by atoms with van der Waals surface area (Å²) >= 11 is 0. The van der Waals surface area contributed by atoms with Gasteiger partial charge < -0.3 is 43.6 Å². The van der Waals surface area contributed by atoms with Gasteiger partial charge >= 0.3 is 5.97 Å². The number of aldehydes is 1. The molecule has 0 unspecified atom stereocenters. The van der Waals surface area contributed by atoms with E-state index in [9.17, 15) is 14.4 Å². The summed E-state index contributed by atoms with van der Waals surface area (Å²) in [4.78, 5) is 32.1. The third kappa shape index (κ3) is 19.4. The Kier molecular flexibility index (Phi) is 19.0. The number of carbonyl (C=O) groups is 3. The number of carboxylic acids is 1. The van der Waals surface area contributed by atoms with Crippen molar-refractivity contribution in [2.45, 2.75) is 0 Å². The van der Waals surface area contributed by atoms with Crippen LogP contribution in [0.25, 0.3) is 0 Å². The van der Waals surface area contributed by atoms with Gasteiger partial charge in [-0.3, -0.25) is 9.59 Å². The fraction of sp³-hybridized carbons (Fsp3) is 0.609. The largest absolute Gasteiger partial charge is 0.491 e. The van der Waals surface area contributed by atoms with Crippen LogP contribution in [0.4, 0.5) is 0 Å². The molecule has 0 atom stereocenters. The molecule has 198 valence electrons. The lowest BCUT2D eigenvalue weighted by molar-refractivity contribution is -0.143. The maximum atomic E-state index is 11.3.